The number of unbranched alkanes of at least 4 members (excludes halogenated alkanes) is 2. The number of fused-ring (bicyclic) bond motifs is 1. The Morgan fingerprint density at radius 2 is 1.68 bits per heavy atom. The lowest BCUT2D eigenvalue weighted by Gasteiger charge is -2.34. The molecular weight excluding hydrogens is 479 g/mol. The number of hydrogen-bond acceptors (Lipinski definition) is 4. The molecule has 0 saturated heterocycles. The minimum Gasteiger partial charge on any atom is -0.494 e. The average Bonchev–Trinajstić information content (AvgIpc) is 3.06. The van der Waals surface area contributed by atoms with E-state index >= 15 is 0 Å². The molecule has 1 N–H and O–H groups in total. The second-order valence-electron chi connectivity index (χ2n) is 10.0. The number of hydrogen-bond donors (Lipinski definition) is 1. The fourth-order valence-electron chi connectivity index (χ4n) is 5.51. The first-order valence-corrected chi connectivity index (χ1v) is 13.4. The topological polar surface area (TPSA) is 58.6 Å². The smallest absolute Gasteiger partial charge is 0.224 e. The Kier molecular flexibility index (Phi) is 7.59. The third-order valence-corrected chi connectivity index (χ3v) is 7.38. The molecule has 5 rings (SSSR count). The molecule has 0 saturated carbocycles. The average molecular weight is 513 g/mol. The van der Waals surface area contributed by atoms with Crippen LogP contribution >= 0.6 is 0 Å². The van der Waals surface area contributed by atoms with Crippen molar-refractivity contribution in [1.82, 2.24) is 0 Å². The van der Waals surface area contributed by atoms with Crippen LogP contribution in [0.1, 0.15) is 69.0 Å². The molecule has 0 aromatic heterocycles. The van der Waals surface area contributed by atoms with E-state index in [0.29, 0.717) is 25.0 Å². The summed E-state index contributed by atoms with van der Waals surface area (Å²) in [5.41, 5.74) is 4.69. The molecule has 0 spiro atoms. The summed E-state index contributed by atoms with van der Waals surface area (Å²) in [6.07, 6.45) is 4.14. The number of anilines is 2. The van der Waals surface area contributed by atoms with Crippen LogP contribution in [0.3, 0.4) is 0 Å². The summed E-state index contributed by atoms with van der Waals surface area (Å²) >= 11 is 0. The number of carbonyl (C=O) groups is 2. The number of allylic oxidation sites excluding steroid dienone is 1. The van der Waals surface area contributed by atoms with Crippen molar-refractivity contribution in [1.29, 1.82) is 0 Å². The Morgan fingerprint density at radius 3 is 2.39 bits per heavy atom. The van der Waals surface area contributed by atoms with Crippen LogP contribution in [0.2, 0.25) is 0 Å². The molecular formula is C32H33FN2O3. The number of ether oxygens (including phenoxy) is 1. The Balaban J connectivity index is 1.56. The van der Waals surface area contributed by atoms with E-state index in [1.165, 1.54) is 19.1 Å². The van der Waals surface area contributed by atoms with Gasteiger partial charge in [0.05, 0.1) is 24.0 Å². The highest BCUT2D eigenvalue weighted by Gasteiger charge is 2.40. The molecule has 0 unspecified atom stereocenters. The lowest BCUT2D eigenvalue weighted by atomic mass is 9.78. The van der Waals surface area contributed by atoms with Gasteiger partial charge in [-0.25, -0.2) is 4.39 Å². The molecule has 1 aliphatic heterocycles. The first-order chi connectivity index (χ1) is 18.5. The van der Waals surface area contributed by atoms with E-state index < -0.39 is 6.04 Å². The third-order valence-electron chi connectivity index (χ3n) is 7.38. The van der Waals surface area contributed by atoms with E-state index in [2.05, 4.69) is 12.2 Å². The maximum absolute atomic E-state index is 13.9. The highest BCUT2D eigenvalue weighted by atomic mass is 19.1. The number of halogens is 1. The number of carbonyl (C=O) groups excluding carboxylic acids is 2. The Hall–Kier alpha value is -3.93. The molecule has 0 bridgehead atoms. The molecule has 2 aliphatic rings. The van der Waals surface area contributed by atoms with Crippen LogP contribution in [0.15, 0.2) is 84.1 Å². The van der Waals surface area contributed by atoms with E-state index in [1.54, 1.807) is 17.0 Å². The Bertz CT molecular complexity index is 1350. The number of rotatable bonds is 7. The second kappa shape index (κ2) is 11.2. The summed E-state index contributed by atoms with van der Waals surface area (Å²) in [7, 11) is 0. The largest absolute Gasteiger partial charge is 0.494 e. The predicted molar refractivity (Wildman–Crippen MR) is 148 cm³/mol. The van der Waals surface area contributed by atoms with E-state index in [-0.39, 0.29) is 23.4 Å². The molecule has 3 aromatic rings. The quantitative estimate of drug-likeness (QED) is 0.337. The van der Waals surface area contributed by atoms with Crippen LogP contribution < -0.4 is 15.0 Å². The molecule has 1 amide bonds. The molecule has 6 heteroatoms. The molecule has 1 aliphatic carbocycles. The van der Waals surface area contributed by atoms with Crippen molar-refractivity contribution in [3.05, 3.63) is 101 Å². The van der Waals surface area contributed by atoms with Gasteiger partial charge >= 0.3 is 0 Å². The molecule has 0 radical (unpaired) electrons. The molecule has 38 heavy (non-hydrogen) atoms. The van der Waals surface area contributed by atoms with Crippen LogP contribution in [0.5, 0.6) is 5.75 Å². The second-order valence-corrected chi connectivity index (χ2v) is 10.0. The first-order valence-electron chi connectivity index (χ1n) is 13.4. The predicted octanol–water partition coefficient (Wildman–Crippen LogP) is 7.32. The number of nitrogens with one attached hydrogen (secondary N) is 1. The van der Waals surface area contributed by atoms with Crippen LogP contribution in [0, 0.1) is 5.82 Å². The van der Waals surface area contributed by atoms with Gasteiger partial charge in [0.25, 0.3) is 0 Å². The number of Topliss-reactive ketones (excluding diaryl/α,β-unsaturated/α-hetero) is 1. The van der Waals surface area contributed by atoms with Gasteiger partial charge in [0.15, 0.2) is 5.78 Å². The van der Waals surface area contributed by atoms with E-state index in [4.69, 9.17) is 4.74 Å². The Labute approximate surface area is 223 Å². The van der Waals surface area contributed by atoms with Gasteiger partial charge in [-0.15, -0.1) is 0 Å². The van der Waals surface area contributed by atoms with E-state index in [0.717, 1.165) is 53.2 Å². The summed E-state index contributed by atoms with van der Waals surface area (Å²) in [5, 5.41) is 3.50. The lowest BCUT2D eigenvalue weighted by Crippen LogP contribution is -2.37. The van der Waals surface area contributed by atoms with E-state index in [1.807, 2.05) is 48.5 Å². The van der Waals surface area contributed by atoms with Gasteiger partial charge in [-0.3, -0.25) is 14.5 Å². The fraction of sp³-hybridized carbons (Fsp3) is 0.312. The number of nitrogens with zero attached hydrogens (tertiary/aromatic N) is 1. The summed E-state index contributed by atoms with van der Waals surface area (Å²) in [6.45, 7) is 4.36. The fourth-order valence-corrected chi connectivity index (χ4v) is 5.51. The zero-order valence-electron chi connectivity index (χ0n) is 21.9. The van der Waals surface area contributed by atoms with E-state index in [9.17, 15) is 14.0 Å². The van der Waals surface area contributed by atoms with Gasteiger partial charge in [-0.2, -0.15) is 0 Å². The molecule has 196 valence electrons. The highest BCUT2D eigenvalue weighted by molar-refractivity contribution is 6.06. The summed E-state index contributed by atoms with van der Waals surface area (Å²) in [6, 6.07) is 21.2. The number of benzene rings is 3. The van der Waals surface area contributed by atoms with Gasteiger partial charge in [0.2, 0.25) is 5.91 Å². The van der Waals surface area contributed by atoms with Crippen molar-refractivity contribution >= 4 is 23.1 Å². The van der Waals surface area contributed by atoms with Crippen LogP contribution in [0.4, 0.5) is 15.8 Å². The zero-order valence-corrected chi connectivity index (χ0v) is 21.9. The van der Waals surface area contributed by atoms with Gasteiger partial charge in [0, 0.05) is 24.6 Å². The summed E-state index contributed by atoms with van der Waals surface area (Å²) in [4.78, 5) is 28.8. The summed E-state index contributed by atoms with van der Waals surface area (Å²) in [5.74, 6) is 0.229. The van der Waals surface area contributed by atoms with Crippen LogP contribution in [-0.2, 0) is 9.59 Å². The molecule has 3 aromatic carbocycles. The van der Waals surface area contributed by atoms with Crippen molar-refractivity contribution in [2.75, 3.05) is 16.8 Å². The normalized spacial score (nSPS) is 18.8. The standard InChI is InChI=1S/C32H33FN2O3/c1-3-4-7-18-38-26-16-12-23(13-17-26)32-31-28(34-27-8-5-6-9-29(27)35(32)21(2)36)19-24(20-30(31)37)22-10-14-25(33)15-11-22/h5-6,8-17,24,32,34H,3-4,7,18-20H2,1-2H3/t24-,32-/m1/s1. The first kappa shape index (κ1) is 25.7. The summed E-state index contributed by atoms with van der Waals surface area (Å²) < 4.78 is 19.5. The van der Waals surface area contributed by atoms with Gasteiger partial charge < -0.3 is 10.1 Å². The Morgan fingerprint density at radius 1 is 0.974 bits per heavy atom. The number of ketones is 1. The van der Waals surface area contributed by atoms with Crippen molar-refractivity contribution in [2.45, 2.75) is 57.9 Å². The SMILES string of the molecule is CCCCCOc1ccc([C@@H]2C3=C(C[C@@H](c4ccc(F)cc4)CC3=O)Nc3ccccc3N2C(C)=O)cc1. The zero-order chi connectivity index (χ0) is 26.6. The van der Waals surface area contributed by atoms with Crippen LogP contribution in [-0.4, -0.2) is 18.3 Å². The lowest BCUT2D eigenvalue weighted by molar-refractivity contribution is -0.117. The van der Waals surface area contributed by atoms with Crippen molar-refractivity contribution in [3.63, 3.8) is 0 Å². The maximum Gasteiger partial charge on any atom is 0.224 e. The van der Waals surface area contributed by atoms with Gasteiger partial charge in [-0.05, 0) is 66.3 Å². The van der Waals surface area contributed by atoms with Gasteiger partial charge in [0.1, 0.15) is 11.6 Å². The van der Waals surface area contributed by atoms with Crippen molar-refractivity contribution in [2.24, 2.45) is 0 Å². The molecule has 5 nitrogen and oxygen atoms in total. The van der Waals surface area contributed by atoms with Gasteiger partial charge in [-0.1, -0.05) is 56.2 Å². The van der Waals surface area contributed by atoms with Crippen molar-refractivity contribution in [3.8, 4) is 5.75 Å². The molecule has 0 fully saturated rings. The minimum absolute atomic E-state index is 0.0166. The monoisotopic (exact) mass is 512 g/mol. The highest BCUT2D eigenvalue weighted by Crippen LogP contribution is 2.47. The van der Waals surface area contributed by atoms with Crippen LogP contribution in [0.25, 0.3) is 0 Å². The maximum atomic E-state index is 13.9. The molecule has 2 atom stereocenters. The number of para-hydroxylation sites is 2. The third kappa shape index (κ3) is 5.21. The van der Waals surface area contributed by atoms with Crippen molar-refractivity contribution < 1.29 is 18.7 Å². The molecule has 1 heterocycles. The minimum atomic E-state index is -0.575. The number of amides is 1.